The van der Waals surface area contributed by atoms with Crippen molar-refractivity contribution in [1.82, 2.24) is 9.88 Å². The number of benzene rings is 2. The maximum atomic E-state index is 13.2. The van der Waals surface area contributed by atoms with Crippen molar-refractivity contribution >= 4 is 38.1 Å². The number of aromatic nitrogens is 1. The average molecular weight is 485 g/mol. The van der Waals surface area contributed by atoms with Gasteiger partial charge < -0.3 is 9.64 Å². The van der Waals surface area contributed by atoms with Crippen LogP contribution in [0.25, 0.3) is 0 Å². The van der Waals surface area contributed by atoms with Crippen LogP contribution in [-0.2, 0) is 19.6 Å². The lowest BCUT2D eigenvalue weighted by molar-refractivity contribution is -0.125. The van der Waals surface area contributed by atoms with Gasteiger partial charge in [-0.1, -0.05) is 30.3 Å². The van der Waals surface area contributed by atoms with E-state index in [9.17, 15) is 13.2 Å². The van der Waals surface area contributed by atoms with Gasteiger partial charge in [0.15, 0.2) is 5.13 Å². The topological polar surface area (TPSA) is 91.8 Å². The second kappa shape index (κ2) is 9.22. The molecule has 0 bridgehead atoms. The number of hydrogen-bond donors (Lipinski definition) is 1. The molecule has 2 aliphatic heterocycles. The molecule has 0 aliphatic carbocycles. The van der Waals surface area contributed by atoms with Crippen LogP contribution < -0.4 is 9.62 Å². The van der Waals surface area contributed by atoms with E-state index in [0.29, 0.717) is 37.1 Å². The summed E-state index contributed by atoms with van der Waals surface area (Å²) in [7, 11) is -3.73. The Morgan fingerprint density at radius 3 is 2.58 bits per heavy atom. The summed E-state index contributed by atoms with van der Waals surface area (Å²) < 4.78 is 33.5. The van der Waals surface area contributed by atoms with Crippen molar-refractivity contribution in [3.8, 4) is 0 Å². The van der Waals surface area contributed by atoms with Gasteiger partial charge in [0.05, 0.1) is 23.6 Å². The van der Waals surface area contributed by atoms with Gasteiger partial charge in [0.1, 0.15) is 0 Å². The van der Waals surface area contributed by atoms with Gasteiger partial charge in [0.2, 0.25) is 5.91 Å². The Morgan fingerprint density at radius 2 is 1.85 bits per heavy atom. The molecule has 10 heteroatoms. The quantitative estimate of drug-likeness (QED) is 0.578. The second-order valence-electron chi connectivity index (χ2n) is 8.00. The Hall–Kier alpha value is -2.79. The van der Waals surface area contributed by atoms with Gasteiger partial charge >= 0.3 is 0 Å². The first kappa shape index (κ1) is 22.0. The smallest absolute Gasteiger partial charge is 0.263 e. The average Bonchev–Trinajstić information content (AvgIpc) is 3.49. The van der Waals surface area contributed by atoms with Gasteiger partial charge in [-0.3, -0.25) is 14.4 Å². The first-order valence-electron chi connectivity index (χ1n) is 10.8. The summed E-state index contributed by atoms with van der Waals surface area (Å²) in [5.74, 6) is 0.0419. The number of nitrogens with zero attached hydrogens (tertiary/aromatic N) is 3. The van der Waals surface area contributed by atoms with Crippen LogP contribution in [0, 0.1) is 0 Å². The molecule has 172 valence electrons. The molecule has 3 heterocycles. The number of hydrogen-bond acceptors (Lipinski definition) is 7. The van der Waals surface area contributed by atoms with Crippen molar-refractivity contribution in [3.63, 3.8) is 0 Å². The number of anilines is 2. The van der Waals surface area contributed by atoms with Gasteiger partial charge in [-0.05, 0) is 36.2 Å². The molecule has 0 saturated carbocycles. The normalized spacial score (nSPS) is 21.9. The molecule has 0 radical (unpaired) electrons. The van der Waals surface area contributed by atoms with E-state index in [1.54, 1.807) is 22.4 Å². The zero-order valence-corrected chi connectivity index (χ0v) is 19.5. The molecule has 5 rings (SSSR count). The van der Waals surface area contributed by atoms with Crippen LogP contribution in [0.1, 0.15) is 18.1 Å². The largest absolute Gasteiger partial charge is 0.371 e. The van der Waals surface area contributed by atoms with Crippen molar-refractivity contribution in [3.05, 3.63) is 71.7 Å². The SMILES string of the molecule is O=C1C(N2CCOC(c3ccccc3)C2)CCN1c1ccc(S(=O)(=O)Nc2nccs2)cc1. The maximum absolute atomic E-state index is 13.2. The molecule has 1 amide bonds. The molecular weight excluding hydrogens is 460 g/mol. The van der Waals surface area contributed by atoms with Gasteiger partial charge in [0, 0.05) is 36.9 Å². The molecule has 2 fully saturated rings. The molecule has 2 aliphatic rings. The molecule has 1 N–H and O–H groups in total. The molecule has 2 aromatic carbocycles. The molecule has 2 saturated heterocycles. The zero-order chi connectivity index (χ0) is 22.8. The fourth-order valence-electron chi connectivity index (χ4n) is 4.33. The number of ether oxygens (including phenoxy) is 1. The molecule has 0 spiro atoms. The second-order valence-corrected chi connectivity index (χ2v) is 10.6. The summed E-state index contributed by atoms with van der Waals surface area (Å²) in [6.07, 6.45) is 2.22. The predicted molar refractivity (Wildman–Crippen MR) is 127 cm³/mol. The lowest BCUT2D eigenvalue weighted by Crippen LogP contribution is -2.48. The third-order valence-electron chi connectivity index (χ3n) is 6.00. The molecule has 2 atom stereocenters. The van der Waals surface area contributed by atoms with Crippen LogP contribution in [0.3, 0.4) is 0 Å². The molecule has 33 heavy (non-hydrogen) atoms. The maximum Gasteiger partial charge on any atom is 0.263 e. The number of morpholine rings is 1. The summed E-state index contributed by atoms with van der Waals surface area (Å²) in [6, 6.07) is 16.3. The highest BCUT2D eigenvalue weighted by Gasteiger charge is 2.39. The van der Waals surface area contributed by atoms with Crippen LogP contribution in [0.2, 0.25) is 0 Å². The minimum Gasteiger partial charge on any atom is -0.371 e. The van der Waals surface area contributed by atoms with Crippen LogP contribution in [0.15, 0.2) is 71.1 Å². The van der Waals surface area contributed by atoms with E-state index < -0.39 is 10.0 Å². The van der Waals surface area contributed by atoms with E-state index in [4.69, 9.17) is 4.74 Å². The van der Waals surface area contributed by atoms with Crippen molar-refractivity contribution < 1.29 is 17.9 Å². The summed E-state index contributed by atoms with van der Waals surface area (Å²) in [5.41, 5.74) is 1.82. The lowest BCUT2D eigenvalue weighted by Gasteiger charge is -2.36. The van der Waals surface area contributed by atoms with E-state index in [1.165, 1.54) is 29.7 Å². The van der Waals surface area contributed by atoms with Crippen molar-refractivity contribution in [2.45, 2.75) is 23.5 Å². The number of rotatable bonds is 6. The Labute approximate surface area is 196 Å². The van der Waals surface area contributed by atoms with E-state index >= 15 is 0 Å². The number of thiazole rings is 1. The minimum absolute atomic E-state index is 0.0419. The fraction of sp³-hybridized carbons (Fsp3) is 0.304. The van der Waals surface area contributed by atoms with Crippen molar-refractivity contribution in [2.24, 2.45) is 0 Å². The van der Waals surface area contributed by atoms with E-state index in [2.05, 4.69) is 26.7 Å². The number of carbonyl (C=O) groups excluding carboxylic acids is 1. The van der Waals surface area contributed by atoms with E-state index in [-0.39, 0.29) is 22.9 Å². The number of amides is 1. The fourth-order valence-corrected chi connectivity index (χ4v) is 6.12. The van der Waals surface area contributed by atoms with E-state index in [1.807, 2.05) is 18.2 Å². The Balaban J connectivity index is 1.26. The van der Waals surface area contributed by atoms with Gasteiger partial charge in [-0.15, -0.1) is 11.3 Å². The minimum atomic E-state index is -3.73. The third-order valence-corrected chi connectivity index (χ3v) is 8.17. The molecule has 2 unspecified atom stereocenters. The first-order chi connectivity index (χ1) is 16.0. The van der Waals surface area contributed by atoms with Crippen LogP contribution >= 0.6 is 11.3 Å². The summed E-state index contributed by atoms with van der Waals surface area (Å²) in [6.45, 7) is 2.57. The number of nitrogens with one attached hydrogen (secondary N) is 1. The molecule has 1 aromatic heterocycles. The van der Waals surface area contributed by atoms with E-state index in [0.717, 1.165) is 12.0 Å². The summed E-state index contributed by atoms with van der Waals surface area (Å²) in [4.78, 5) is 21.3. The van der Waals surface area contributed by atoms with Gasteiger partial charge in [-0.2, -0.15) is 0 Å². The number of sulfonamides is 1. The summed E-state index contributed by atoms with van der Waals surface area (Å²) >= 11 is 1.21. The highest BCUT2D eigenvalue weighted by atomic mass is 32.2. The first-order valence-corrected chi connectivity index (χ1v) is 13.1. The Kier molecular flexibility index (Phi) is 6.15. The highest BCUT2D eigenvalue weighted by Crippen LogP contribution is 2.30. The zero-order valence-electron chi connectivity index (χ0n) is 17.8. The van der Waals surface area contributed by atoms with Crippen molar-refractivity contribution in [1.29, 1.82) is 0 Å². The predicted octanol–water partition coefficient (Wildman–Crippen LogP) is 3.12. The third kappa shape index (κ3) is 4.65. The Bertz CT molecular complexity index is 1200. The summed E-state index contributed by atoms with van der Waals surface area (Å²) in [5, 5.41) is 2.02. The lowest BCUT2D eigenvalue weighted by atomic mass is 10.1. The van der Waals surface area contributed by atoms with Crippen LogP contribution in [0.4, 0.5) is 10.8 Å². The van der Waals surface area contributed by atoms with Crippen LogP contribution in [0.5, 0.6) is 0 Å². The highest BCUT2D eigenvalue weighted by molar-refractivity contribution is 7.93. The molecule has 3 aromatic rings. The monoisotopic (exact) mass is 484 g/mol. The van der Waals surface area contributed by atoms with Gasteiger partial charge in [0.25, 0.3) is 10.0 Å². The molecular formula is C23H24N4O4S2. The van der Waals surface area contributed by atoms with Crippen LogP contribution in [-0.4, -0.2) is 56.5 Å². The Morgan fingerprint density at radius 1 is 1.06 bits per heavy atom. The van der Waals surface area contributed by atoms with Crippen molar-refractivity contribution in [2.75, 3.05) is 35.9 Å². The standard InChI is InChI=1S/C23H24N4O4S2/c28-22-20(26-13-14-31-21(16-26)17-4-2-1-3-5-17)10-12-27(22)18-6-8-19(9-7-18)33(29,30)25-23-24-11-15-32-23/h1-9,11,15,20-21H,10,12-14,16H2,(H,24,25). The van der Waals surface area contributed by atoms with Gasteiger partial charge in [-0.25, -0.2) is 13.4 Å². The number of carbonyl (C=O) groups is 1. The molecule has 8 nitrogen and oxygen atoms in total.